The lowest BCUT2D eigenvalue weighted by Gasteiger charge is -2.37. The summed E-state index contributed by atoms with van der Waals surface area (Å²) in [5, 5.41) is 4.35. The minimum absolute atomic E-state index is 0.413. The molecule has 20 heavy (non-hydrogen) atoms. The predicted molar refractivity (Wildman–Crippen MR) is 87.3 cm³/mol. The predicted octanol–water partition coefficient (Wildman–Crippen LogP) is 4.11. The summed E-state index contributed by atoms with van der Waals surface area (Å²) < 4.78 is 0. The van der Waals surface area contributed by atoms with Crippen LogP contribution in [0.1, 0.15) is 45.2 Å². The molecule has 1 aliphatic rings. The lowest BCUT2D eigenvalue weighted by atomic mass is 9.96. The van der Waals surface area contributed by atoms with Crippen molar-refractivity contribution >= 4 is 11.6 Å². The van der Waals surface area contributed by atoms with Crippen LogP contribution in [0.15, 0.2) is 24.3 Å². The Hall–Kier alpha value is -0.570. The van der Waals surface area contributed by atoms with Crippen LogP contribution in [-0.2, 0) is 0 Å². The van der Waals surface area contributed by atoms with E-state index in [2.05, 4.69) is 49.2 Å². The van der Waals surface area contributed by atoms with E-state index in [9.17, 15) is 0 Å². The summed E-state index contributed by atoms with van der Waals surface area (Å²) >= 11 is 6.14. The average Bonchev–Trinajstić information content (AvgIpc) is 2.45. The van der Waals surface area contributed by atoms with E-state index in [0.717, 1.165) is 17.5 Å². The lowest BCUT2D eigenvalue weighted by Crippen LogP contribution is -2.42. The van der Waals surface area contributed by atoms with Gasteiger partial charge in [-0.25, -0.2) is 0 Å². The zero-order valence-corrected chi connectivity index (χ0v) is 13.7. The Kier molecular flexibility index (Phi) is 5.88. The van der Waals surface area contributed by atoms with Crippen molar-refractivity contribution in [3.8, 4) is 0 Å². The van der Waals surface area contributed by atoms with Crippen LogP contribution in [0.25, 0.3) is 0 Å². The number of nitrogens with one attached hydrogen (secondary N) is 1. The third kappa shape index (κ3) is 4.21. The molecule has 0 saturated carbocycles. The van der Waals surface area contributed by atoms with Gasteiger partial charge in [-0.1, -0.05) is 23.7 Å². The summed E-state index contributed by atoms with van der Waals surface area (Å²) in [7, 11) is 0. The SMILES string of the molecule is CC(C)N(CC1CCCNC1)C(C)c1cccc(Cl)c1. The molecule has 1 saturated heterocycles. The van der Waals surface area contributed by atoms with Crippen molar-refractivity contribution in [3.63, 3.8) is 0 Å². The first-order chi connectivity index (χ1) is 9.58. The van der Waals surface area contributed by atoms with Crippen LogP contribution in [0.5, 0.6) is 0 Å². The zero-order valence-electron chi connectivity index (χ0n) is 12.9. The summed E-state index contributed by atoms with van der Waals surface area (Å²) in [6, 6.07) is 9.24. The molecule has 1 heterocycles. The second-order valence-corrected chi connectivity index (χ2v) is 6.67. The number of hydrogen-bond donors (Lipinski definition) is 1. The fourth-order valence-electron chi connectivity index (χ4n) is 3.15. The number of piperidine rings is 1. The van der Waals surface area contributed by atoms with Crippen molar-refractivity contribution < 1.29 is 0 Å². The lowest BCUT2D eigenvalue weighted by molar-refractivity contribution is 0.127. The van der Waals surface area contributed by atoms with Crippen LogP contribution in [-0.4, -0.2) is 30.6 Å². The second-order valence-electron chi connectivity index (χ2n) is 6.23. The van der Waals surface area contributed by atoms with E-state index in [1.54, 1.807) is 0 Å². The maximum Gasteiger partial charge on any atom is 0.0409 e. The molecule has 112 valence electrons. The summed E-state index contributed by atoms with van der Waals surface area (Å²) in [6.07, 6.45) is 2.65. The summed E-state index contributed by atoms with van der Waals surface area (Å²) in [5.41, 5.74) is 1.31. The van der Waals surface area contributed by atoms with Gasteiger partial charge in [-0.3, -0.25) is 4.90 Å². The summed E-state index contributed by atoms with van der Waals surface area (Å²) in [5.74, 6) is 0.771. The van der Waals surface area contributed by atoms with Crippen LogP contribution in [0.3, 0.4) is 0 Å². The van der Waals surface area contributed by atoms with Gasteiger partial charge >= 0.3 is 0 Å². The Bertz CT molecular complexity index is 413. The fourth-order valence-corrected chi connectivity index (χ4v) is 3.35. The van der Waals surface area contributed by atoms with Crippen LogP contribution in [0.2, 0.25) is 5.02 Å². The Morgan fingerprint density at radius 3 is 2.75 bits per heavy atom. The summed E-state index contributed by atoms with van der Waals surface area (Å²) in [6.45, 7) is 10.4. The minimum atomic E-state index is 0.413. The van der Waals surface area contributed by atoms with Crippen molar-refractivity contribution in [1.29, 1.82) is 0 Å². The topological polar surface area (TPSA) is 15.3 Å². The van der Waals surface area contributed by atoms with Gasteiger partial charge in [0.05, 0.1) is 0 Å². The molecule has 1 aromatic carbocycles. The van der Waals surface area contributed by atoms with Gasteiger partial charge in [-0.15, -0.1) is 0 Å². The van der Waals surface area contributed by atoms with Crippen LogP contribution >= 0.6 is 11.6 Å². The molecule has 0 bridgehead atoms. The second kappa shape index (κ2) is 7.44. The largest absolute Gasteiger partial charge is 0.316 e. The van der Waals surface area contributed by atoms with E-state index in [-0.39, 0.29) is 0 Å². The van der Waals surface area contributed by atoms with Crippen LogP contribution < -0.4 is 5.32 Å². The molecule has 3 heteroatoms. The molecule has 2 atom stereocenters. The van der Waals surface area contributed by atoms with E-state index in [1.165, 1.54) is 31.5 Å². The molecule has 0 spiro atoms. The number of halogens is 1. The highest BCUT2D eigenvalue weighted by Crippen LogP contribution is 2.26. The van der Waals surface area contributed by atoms with E-state index in [0.29, 0.717) is 12.1 Å². The molecule has 2 unspecified atom stereocenters. The molecular weight excluding hydrogens is 268 g/mol. The van der Waals surface area contributed by atoms with Crippen LogP contribution in [0.4, 0.5) is 0 Å². The molecule has 0 amide bonds. The Morgan fingerprint density at radius 1 is 1.35 bits per heavy atom. The monoisotopic (exact) mass is 294 g/mol. The van der Waals surface area contributed by atoms with Crippen molar-refractivity contribution in [2.75, 3.05) is 19.6 Å². The zero-order chi connectivity index (χ0) is 14.5. The van der Waals surface area contributed by atoms with E-state index in [4.69, 9.17) is 11.6 Å². The first kappa shape index (κ1) is 15.8. The normalized spacial score (nSPS) is 21.4. The number of nitrogens with zero attached hydrogens (tertiary/aromatic N) is 1. The van der Waals surface area contributed by atoms with Crippen molar-refractivity contribution in [3.05, 3.63) is 34.9 Å². The van der Waals surface area contributed by atoms with Gasteiger partial charge in [0.15, 0.2) is 0 Å². The minimum Gasteiger partial charge on any atom is -0.316 e. The number of benzene rings is 1. The Labute approximate surface area is 128 Å². The van der Waals surface area contributed by atoms with Gasteiger partial charge in [0, 0.05) is 23.7 Å². The highest BCUT2D eigenvalue weighted by molar-refractivity contribution is 6.30. The first-order valence-electron chi connectivity index (χ1n) is 7.80. The van der Waals surface area contributed by atoms with Gasteiger partial charge in [0.2, 0.25) is 0 Å². The molecule has 0 aromatic heterocycles. The molecule has 1 aliphatic heterocycles. The van der Waals surface area contributed by atoms with Gasteiger partial charge in [0.1, 0.15) is 0 Å². The van der Waals surface area contributed by atoms with Gasteiger partial charge < -0.3 is 5.32 Å². The Morgan fingerprint density at radius 2 is 2.15 bits per heavy atom. The Balaban J connectivity index is 2.07. The third-order valence-electron chi connectivity index (χ3n) is 4.36. The highest BCUT2D eigenvalue weighted by Gasteiger charge is 2.23. The van der Waals surface area contributed by atoms with Gasteiger partial charge in [0.25, 0.3) is 0 Å². The quantitative estimate of drug-likeness (QED) is 0.879. The molecule has 1 N–H and O–H groups in total. The van der Waals surface area contributed by atoms with E-state index < -0.39 is 0 Å². The number of hydrogen-bond acceptors (Lipinski definition) is 2. The first-order valence-corrected chi connectivity index (χ1v) is 8.17. The molecule has 1 fully saturated rings. The van der Waals surface area contributed by atoms with Crippen molar-refractivity contribution in [2.45, 2.75) is 45.7 Å². The summed E-state index contributed by atoms with van der Waals surface area (Å²) in [4.78, 5) is 2.60. The fraction of sp³-hybridized carbons (Fsp3) is 0.647. The standard InChI is InChI=1S/C17H27ClN2/c1-13(2)20(12-15-6-5-9-19-11-15)14(3)16-7-4-8-17(18)10-16/h4,7-8,10,13-15,19H,5-6,9,11-12H2,1-3H3. The third-order valence-corrected chi connectivity index (χ3v) is 4.59. The molecule has 1 aromatic rings. The maximum atomic E-state index is 6.14. The van der Waals surface area contributed by atoms with Crippen molar-refractivity contribution in [1.82, 2.24) is 10.2 Å². The van der Waals surface area contributed by atoms with E-state index >= 15 is 0 Å². The molecular formula is C17H27ClN2. The van der Waals surface area contributed by atoms with Gasteiger partial charge in [-0.2, -0.15) is 0 Å². The number of rotatable bonds is 5. The molecule has 2 nitrogen and oxygen atoms in total. The van der Waals surface area contributed by atoms with Crippen molar-refractivity contribution in [2.24, 2.45) is 5.92 Å². The molecule has 0 radical (unpaired) electrons. The highest BCUT2D eigenvalue weighted by atomic mass is 35.5. The van der Waals surface area contributed by atoms with E-state index in [1.807, 2.05) is 6.07 Å². The van der Waals surface area contributed by atoms with Gasteiger partial charge in [-0.05, 0) is 70.3 Å². The smallest absolute Gasteiger partial charge is 0.0409 e. The molecule has 2 rings (SSSR count). The maximum absolute atomic E-state index is 6.14. The average molecular weight is 295 g/mol. The molecule has 0 aliphatic carbocycles. The van der Waals surface area contributed by atoms with Crippen LogP contribution in [0, 0.1) is 5.92 Å².